The van der Waals surface area contributed by atoms with Crippen molar-refractivity contribution in [3.05, 3.63) is 111 Å². The van der Waals surface area contributed by atoms with Crippen LogP contribution >= 0.6 is 11.6 Å². The van der Waals surface area contributed by atoms with Crippen molar-refractivity contribution in [2.24, 2.45) is 0 Å². The van der Waals surface area contributed by atoms with Crippen LogP contribution < -0.4 is 10.9 Å². The van der Waals surface area contributed by atoms with Gasteiger partial charge in [-0.05, 0) is 41.0 Å². The summed E-state index contributed by atoms with van der Waals surface area (Å²) in [4.78, 5) is 36.7. The Kier molecular flexibility index (Phi) is 6.60. The molecule has 0 unspecified atom stereocenters. The lowest BCUT2D eigenvalue weighted by molar-refractivity contribution is -0.137. The van der Waals surface area contributed by atoms with Crippen LogP contribution in [0.3, 0.4) is 0 Å². The molecule has 34 heavy (non-hydrogen) atoms. The molecule has 3 aromatic carbocycles. The summed E-state index contributed by atoms with van der Waals surface area (Å²) in [5.74, 6) is -2.09. The molecule has 1 atom stereocenters. The Morgan fingerprint density at radius 3 is 2.24 bits per heavy atom. The molecule has 172 valence electrons. The van der Waals surface area contributed by atoms with Crippen LogP contribution in [0.5, 0.6) is 0 Å². The van der Waals surface area contributed by atoms with Gasteiger partial charge in [0.15, 0.2) is 0 Å². The number of nitrogens with one attached hydrogen (secondary N) is 2. The number of aliphatic carboxylic acids is 1. The summed E-state index contributed by atoms with van der Waals surface area (Å²) in [5.41, 5.74) is 2.02. The van der Waals surface area contributed by atoms with Crippen LogP contribution in [0, 0.1) is 5.82 Å². The normalized spacial score (nSPS) is 11.7. The molecule has 7 nitrogen and oxygen atoms in total. The fourth-order valence-electron chi connectivity index (χ4n) is 3.54. The van der Waals surface area contributed by atoms with Crippen molar-refractivity contribution in [3.63, 3.8) is 0 Å². The minimum absolute atomic E-state index is 0.0387. The summed E-state index contributed by atoms with van der Waals surface area (Å²) in [5, 5.41) is 15.1. The van der Waals surface area contributed by atoms with E-state index >= 15 is 0 Å². The minimum atomic E-state index is -1.10. The van der Waals surface area contributed by atoms with Gasteiger partial charge in [-0.15, -0.1) is 0 Å². The number of para-hydroxylation sites is 1. The molecule has 0 bridgehead atoms. The molecule has 1 aromatic heterocycles. The van der Waals surface area contributed by atoms with E-state index in [4.69, 9.17) is 11.6 Å². The average Bonchev–Trinajstić information content (AvgIpc) is 3.21. The van der Waals surface area contributed by atoms with Gasteiger partial charge in [0.25, 0.3) is 11.5 Å². The minimum Gasteiger partial charge on any atom is -0.481 e. The van der Waals surface area contributed by atoms with Crippen LogP contribution in [-0.2, 0) is 4.79 Å². The smallest absolute Gasteiger partial charge is 0.305 e. The second-order valence-corrected chi connectivity index (χ2v) is 7.95. The number of aromatic amines is 1. The van der Waals surface area contributed by atoms with Crippen molar-refractivity contribution >= 4 is 23.5 Å². The van der Waals surface area contributed by atoms with Crippen LogP contribution in [0.15, 0.2) is 83.7 Å². The molecule has 0 saturated carbocycles. The maximum Gasteiger partial charge on any atom is 0.305 e. The second kappa shape index (κ2) is 9.76. The Labute approximate surface area is 198 Å². The Morgan fingerprint density at radius 2 is 1.62 bits per heavy atom. The Hall–Kier alpha value is -4.17. The summed E-state index contributed by atoms with van der Waals surface area (Å²) in [6.45, 7) is 0. The number of aromatic nitrogens is 2. The predicted octanol–water partition coefficient (Wildman–Crippen LogP) is 4.57. The molecule has 0 saturated heterocycles. The van der Waals surface area contributed by atoms with E-state index in [0.29, 0.717) is 16.3 Å². The van der Waals surface area contributed by atoms with Gasteiger partial charge >= 0.3 is 5.97 Å². The first-order valence-corrected chi connectivity index (χ1v) is 10.6. The standard InChI is InChI=1S/C25H19ClFN3O4/c26-19-3-1-2-4-22(19)30-23(31)13-21(29-30)25(34)28-20(14-24(32)33)17-7-5-15(6-8-17)16-9-11-18(27)12-10-16/h1-13,20,29H,14H2,(H,28,34)(H,32,33)/t20-/m1/s1. The molecule has 0 aliphatic rings. The number of rotatable bonds is 7. The number of carboxylic acids is 1. The number of nitrogens with zero attached hydrogens (tertiary/aromatic N) is 1. The van der Waals surface area contributed by atoms with E-state index in [1.54, 1.807) is 60.7 Å². The van der Waals surface area contributed by atoms with E-state index in [2.05, 4.69) is 10.4 Å². The number of halogens is 2. The summed E-state index contributed by atoms with van der Waals surface area (Å²) < 4.78 is 14.3. The van der Waals surface area contributed by atoms with Gasteiger partial charge in [0, 0.05) is 6.07 Å². The number of carboxylic acid groups (broad SMARTS) is 1. The lowest BCUT2D eigenvalue weighted by atomic mass is 9.99. The fourth-order valence-corrected chi connectivity index (χ4v) is 3.76. The number of hydrogen-bond donors (Lipinski definition) is 3. The van der Waals surface area contributed by atoms with Crippen LogP contribution in [0.1, 0.15) is 28.5 Å². The van der Waals surface area contributed by atoms with E-state index in [-0.39, 0.29) is 17.9 Å². The van der Waals surface area contributed by atoms with Crippen LogP contribution in [0.25, 0.3) is 16.8 Å². The summed E-state index contributed by atoms with van der Waals surface area (Å²) in [6, 6.07) is 19.8. The summed E-state index contributed by atoms with van der Waals surface area (Å²) >= 11 is 6.14. The first kappa shape index (κ1) is 23.0. The zero-order chi connectivity index (χ0) is 24.2. The highest BCUT2D eigenvalue weighted by Gasteiger charge is 2.21. The van der Waals surface area contributed by atoms with Crippen molar-refractivity contribution < 1.29 is 19.1 Å². The van der Waals surface area contributed by atoms with Crippen molar-refractivity contribution in [1.29, 1.82) is 0 Å². The zero-order valence-electron chi connectivity index (χ0n) is 17.7. The first-order chi connectivity index (χ1) is 16.3. The molecule has 3 N–H and O–H groups in total. The second-order valence-electron chi connectivity index (χ2n) is 7.55. The largest absolute Gasteiger partial charge is 0.481 e. The van der Waals surface area contributed by atoms with Crippen LogP contribution in [0.4, 0.5) is 4.39 Å². The average molecular weight is 480 g/mol. The molecular formula is C25H19ClFN3O4. The zero-order valence-corrected chi connectivity index (χ0v) is 18.4. The Morgan fingerprint density at radius 1 is 1.00 bits per heavy atom. The molecule has 0 fully saturated rings. The third kappa shape index (κ3) is 5.07. The fraction of sp³-hybridized carbons (Fsp3) is 0.0800. The van der Waals surface area contributed by atoms with Crippen LogP contribution in [0.2, 0.25) is 5.02 Å². The topological polar surface area (TPSA) is 104 Å². The highest BCUT2D eigenvalue weighted by atomic mass is 35.5. The van der Waals surface area contributed by atoms with E-state index in [9.17, 15) is 23.9 Å². The third-order valence-electron chi connectivity index (χ3n) is 5.23. The predicted molar refractivity (Wildman–Crippen MR) is 126 cm³/mol. The summed E-state index contributed by atoms with van der Waals surface area (Å²) in [7, 11) is 0. The summed E-state index contributed by atoms with van der Waals surface area (Å²) in [6.07, 6.45) is -0.364. The lowest BCUT2D eigenvalue weighted by Crippen LogP contribution is -2.30. The molecule has 4 aromatic rings. The highest BCUT2D eigenvalue weighted by molar-refractivity contribution is 6.32. The monoisotopic (exact) mass is 479 g/mol. The first-order valence-electron chi connectivity index (χ1n) is 10.3. The van der Waals surface area contributed by atoms with Crippen LogP contribution in [-0.4, -0.2) is 26.8 Å². The quantitative estimate of drug-likeness (QED) is 0.361. The molecule has 0 aliphatic carbocycles. The van der Waals surface area contributed by atoms with Gasteiger partial charge in [-0.3, -0.25) is 19.5 Å². The number of carbonyl (C=O) groups is 2. The lowest BCUT2D eigenvalue weighted by Gasteiger charge is -2.17. The number of carbonyl (C=O) groups excluding carboxylic acids is 1. The molecule has 1 amide bonds. The number of H-pyrrole nitrogens is 1. The van der Waals surface area contributed by atoms with E-state index in [1.165, 1.54) is 12.1 Å². The molecule has 0 radical (unpaired) electrons. The maximum absolute atomic E-state index is 13.2. The maximum atomic E-state index is 13.2. The molecule has 4 rings (SSSR count). The molecule has 9 heteroatoms. The number of hydrogen-bond acceptors (Lipinski definition) is 3. The molecule has 1 heterocycles. The molecule has 0 aliphatic heterocycles. The SMILES string of the molecule is O=C(O)C[C@@H](NC(=O)c1cc(=O)n(-c2ccccc2Cl)[nH]1)c1ccc(-c2ccc(F)cc2)cc1. The van der Waals surface area contributed by atoms with Gasteiger partial charge in [0.2, 0.25) is 0 Å². The van der Waals surface area contributed by atoms with E-state index in [1.807, 2.05) is 0 Å². The van der Waals surface area contributed by atoms with Crippen molar-refractivity contribution in [1.82, 2.24) is 15.1 Å². The van der Waals surface area contributed by atoms with Crippen molar-refractivity contribution in [2.45, 2.75) is 12.5 Å². The molecule has 0 spiro atoms. The third-order valence-corrected chi connectivity index (χ3v) is 5.55. The van der Waals surface area contributed by atoms with Gasteiger partial charge in [-0.2, -0.15) is 0 Å². The Bertz CT molecular complexity index is 1390. The highest BCUT2D eigenvalue weighted by Crippen LogP contribution is 2.24. The van der Waals surface area contributed by atoms with Gasteiger partial charge in [0.1, 0.15) is 11.5 Å². The van der Waals surface area contributed by atoms with Gasteiger partial charge in [0.05, 0.1) is 23.2 Å². The van der Waals surface area contributed by atoms with E-state index in [0.717, 1.165) is 21.9 Å². The number of amides is 1. The van der Waals surface area contributed by atoms with Crippen molar-refractivity contribution in [3.8, 4) is 16.8 Å². The van der Waals surface area contributed by atoms with Gasteiger partial charge in [-0.1, -0.05) is 60.1 Å². The molecular weight excluding hydrogens is 461 g/mol. The van der Waals surface area contributed by atoms with Gasteiger partial charge in [-0.25, -0.2) is 9.07 Å². The Balaban J connectivity index is 1.57. The van der Waals surface area contributed by atoms with Crippen molar-refractivity contribution in [2.75, 3.05) is 0 Å². The van der Waals surface area contributed by atoms with Gasteiger partial charge < -0.3 is 10.4 Å². The van der Waals surface area contributed by atoms with E-state index < -0.39 is 23.5 Å². The number of benzene rings is 3.